The first-order valence-electron chi connectivity index (χ1n) is 6.35. The Bertz CT molecular complexity index is 584. The minimum atomic E-state index is 1.01. The normalized spacial score (nSPS) is 15.9. The van der Waals surface area contributed by atoms with Crippen molar-refractivity contribution in [2.75, 3.05) is 5.73 Å². The van der Waals surface area contributed by atoms with Crippen LogP contribution in [0.5, 0.6) is 0 Å². The van der Waals surface area contributed by atoms with Crippen molar-refractivity contribution in [2.24, 2.45) is 0 Å². The van der Waals surface area contributed by atoms with Crippen LogP contribution in [0.25, 0.3) is 10.2 Å². The van der Waals surface area contributed by atoms with Crippen molar-refractivity contribution in [3.8, 4) is 0 Å². The number of thiophene rings is 1. The first-order valence-corrected chi connectivity index (χ1v) is 7.17. The van der Waals surface area contributed by atoms with Crippen LogP contribution in [0.3, 0.4) is 0 Å². The highest BCUT2D eigenvalue weighted by molar-refractivity contribution is 7.18. The van der Waals surface area contributed by atoms with Gasteiger partial charge in [0.25, 0.3) is 0 Å². The minimum Gasteiger partial charge on any atom is -0.398 e. The van der Waals surface area contributed by atoms with Gasteiger partial charge < -0.3 is 5.73 Å². The van der Waals surface area contributed by atoms with E-state index in [1.54, 1.807) is 11.3 Å². The summed E-state index contributed by atoms with van der Waals surface area (Å²) in [6, 6.07) is 0. The van der Waals surface area contributed by atoms with Crippen molar-refractivity contribution in [3.63, 3.8) is 0 Å². The smallest absolute Gasteiger partial charge is 0.126 e. The highest BCUT2D eigenvalue weighted by Crippen LogP contribution is 2.37. The monoisotopic (exact) mass is 246 g/mol. The van der Waals surface area contributed by atoms with Crippen LogP contribution in [0.15, 0.2) is 0 Å². The molecule has 3 heteroatoms. The van der Waals surface area contributed by atoms with Gasteiger partial charge in [0.15, 0.2) is 0 Å². The van der Waals surface area contributed by atoms with E-state index in [1.807, 2.05) is 0 Å². The summed E-state index contributed by atoms with van der Waals surface area (Å²) in [5.74, 6) is 0. The van der Waals surface area contributed by atoms with E-state index in [4.69, 9.17) is 10.7 Å². The summed E-state index contributed by atoms with van der Waals surface area (Å²) in [7, 11) is 0. The lowest BCUT2D eigenvalue weighted by Crippen LogP contribution is -2.02. The van der Waals surface area contributed by atoms with Gasteiger partial charge in [-0.3, -0.25) is 0 Å². The summed E-state index contributed by atoms with van der Waals surface area (Å²) in [5.41, 5.74) is 11.3. The van der Waals surface area contributed by atoms with Crippen LogP contribution in [0.2, 0.25) is 0 Å². The van der Waals surface area contributed by atoms with Crippen molar-refractivity contribution in [2.45, 2.75) is 46.0 Å². The van der Waals surface area contributed by atoms with E-state index in [2.05, 4.69) is 13.8 Å². The maximum atomic E-state index is 6.39. The Hall–Kier alpha value is -1.09. The number of anilines is 1. The molecule has 0 aromatic carbocycles. The number of rotatable bonds is 0. The van der Waals surface area contributed by atoms with Gasteiger partial charge in [0.1, 0.15) is 4.83 Å². The summed E-state index contributed by atoms with van der Waals surface area (Å²) >= 11 is 1.78. The largest absolute Gasteiger partial charge is 0.398 e. The Balaban J connectivity index is 2.33. The second kappa shape index (κ2) is 3.98. The van der Waals surface area contributed by atoms with E-state index in [0.29, 0.717) is 0 Å². The van der Waals surface area contributed by atoms with Gasteiger partial charge in [0, 0.05) is 21.6 Å². The van der Waals surface area contributed by atoms with Crippen LogP contribution < -0.4 is 5.73 Å². The number of aryl methyl sites for hydroxylation is 3. The van der Waals surface area contributed by atoms with E-state index < -0.39 is 0 Å². The Kier molecular flexibility index (Phi) is 2.58. The van der Waals surface area contributed by atoms with Crippen LogP contribution in [0, 0.1) is 13.8 Å². The summed E-state index contributed by atoms with van der Waals surface area (Å²) < 4.78 is 0. The molecule has 2 aromatic rings. The zero-order chi connectivity index (χ0) is 12.0. The quantitative estimate of drug-likeness (QED) is 0.719. The zero-order valence-corrected chi connectivity index (χ0v) is 11.3. The molecule has 0 spiro atoms. The fourth-order valence-electron chi connectivity index (χ4n) is 2.76. The molecule has 1 aliphatic carbocycles. The molecule has 0 fully saturated rings. The average Bonchev–Trinajstić information content (AvgIpc) is 2.51. The molecule has 2 nitrogen and oxygen atoms in total. The van der Waals surface area contributed by atoms with Gasteiger partial charge in [0.05, 0.1) is 0 Å². The summed E-state index contributed by atoms with van der Waals surface area (Å²) in [6.07, 6.45) is 6.03. The topological polar surface area (TPSA) is 38.9 Å². The van der Waals surface area contributed by atoms with Crippen molar-refractivity contribution < 1.29 is 0 Å². The number of aromatic nitrogens is 1. The fraction of sp³-hybridized carbons (Fsp3) is 0.500. The maximum Gasteiger partial charge on any atom is 0.126 e. The molecular formula is C14H18N2S. The summed E-state index contributed by atoms with van der Waals surface area (Å²) in [5, 5.41) is 1.22. The molecule has 0 amide bonds. The third kappa shape index (κ3) is 1.64. The van der Waals surface area contributed by atoms with Crippen LogP contribution in [-0.4, -0.2) is 4.98 Å². The van der Waals surface area contributed by atoms with Gasteiger partial charge in [-0.25, -0.2) is 4.98 Å². The van der Waals surface area contributed by atoms with Gasteiger partial charge in [-0.2, -0.15) is 0 Å². The molecule has 0 bridgehead atoms. The number of fused-ring (bicyclic) bond motifs is 2. The first kappa shape index (κ1) is 11.0. The third-order valence-electron chi connectivity index (χ3n) is 3.89. The molecule has 0 saturated carbocycles. The zero-order valence-electron chi connectivity index (χ0n) is 10.5. The van der Waals surface area contributed by atoms with Crippen LogP contribution in [0.1, 0.15) is 41.0 Å². The molecule has 2 N–H and O–H groups in total. The Morgan fingerprint density at radius 1 is 1.12 bits per heavy atom. The van der Waals surface area contributed by atoms with Crippen molar-refractivity contribution in [1.29, 1.82) is 0 Å². The third-order valence-corrected chi connectivity index (χ3v) is 4.99. The molecule has 90 valence electrons. The SMILES string of the molecule is Cc1sc2nc3c(c(N)c2c1C)CCCCC3. The second-order valence-corrected chi connectivity index (χ2v) is 6.18. The number of nitrogens with zero attached hydrogens (tertiary/aromatic N) is 1. The second-order valence-electron chi connectivity index (χ2n) is 4.97. The van der Waals surface area contributed by atoms with E-state index in [-0.39, 0.29) is 0 Å². The standard InChI is InChI=1S/C14H18N2S/c1-8-9(2)17-14-12(8)13(15)10-6-4-3-5-7-11(10)16-14/h3-7H2,1-2H3,(H2,15,16). The summed E-state index contributed by atoms with van der Waals surface area (Å²) in [4.78, 5) is 7.34. The van der Waals surface area contributed by atoms with Gasteiger partial charge in [-0.15, -0.1) is 11.3 Å². The highest BCUT2D eigenvalue weighted by atomic mass is 32.1. The van der Waals surface area contributed by atoms with E-state index in [9.17, 15) is 0 Å². The average molecular weight is 246 g/mol. The molecule has 3 rings (SSSR count). The Morgan fingerprint density at radius 3 is 2.71 bits per heavy atom. The van der Waals surface area contributed by atoms with Crippen molar-refractivity contribution in [1.82, 2.24) is 4.98 Å². The van der Waals surface area contributed by atoms with Crippen LogP contribution >= 0.6 is 11.3 Å². The predicted molar refractivity (Wildman–Crippen MR) is 74.8 cm³/mol. The number of pyridine rings is 1. The van der Waals surface area contributed by atoms with Gasteiger partial charge in [0.2, 0.25) is 0 Å². The van der Waals surface area contributed by atoms with E-state index in [1.165, 1.54) is 46.3 Å². The van der Waals surface area contributed by atoms with Gasteiger partial charge in [-0.05, 0) is 50.7 Å². The first-order chi connectivity index (χ1) is 8.18. The molecule has 0 aliphatic heterocycles. The van der Waals surface area contributed by atoms with Crippen molar-refractivity contribution >= 4 is 27.2 Å². The number of nitrogen functional groups attached to an aromatic ring is 1. The molecule has 1 aliphatic rings. The van der Waals surface area contributed by atoms with Gasteiger partial charge >= 0.3 is 0 Å². The molecule has 0 saturated heterocycles. The molecule has 2 heterocycles. The Labute approximate surface area is 106 Å². The van der Waals surface area contributed by atoms with Crippen LogP contribution in [0.4, 0.5) is 5.69 Å². The minimum absolute atomic E-state index is 1.01. The lowest BCUT2D eigenvalue weighted by molar-refractivity contribution is 0.709. The molecule has 2 aromatic heterocycles. The maximum absolute atomic E-state index is 6.39. The van der Waals surface area contributed by atoms with E-state index in [0.717, 1.165) is 23.4 Å². The molecular weight excluding hydrogens is 228 g/mol. The number of hydrogen-bond acceptors (Lipinski definition) is 3. The predicted octanol–water partition coefficient (Wildman–Crippen LogP) is 3.76. The van der Waals surface area contributed by atoms with Gasteiger partial charge in [-0.1, -0.05) is 6.42 Å². The lowest BCUT2D eigenvalue weighted by Gasteiger charge is -2.10. The van der Waals surface area contributed by atoms with Crippen LogP contribution in [-0.2, 0) is 12.8 Å². The van der Waals surface area contributed by atoms with E-state index >= 15 is 0 Å². The van der Waals surface area contributed by atoms with Crippen molar-refractivity contribution in [3.05, 3.63) is 21.7 Å². The Morgan fingerprint density at radius 2 is 1.88 bits per heavy atom. The molecule has 17 heavy (non-hydrogen) atoms. The number of hydrogen-bond donors (Lipinski definition) is 1. The fourth-order valence-corrected chi connectivity index (χ4v) is 3.82. The lowest BCUT2D eigenvalue weighted by atomic mass is 10.0. The highest BCUT2D eigenvalue weighted by Gasteiger charge is 2.18. The molecule has 0 atom stereocenters. The number of nitrogens with two attached hydrogens (primary N) is 1. The molecule has 0 radical (unpaired) electrons. The molecule has 0 unspecified atom stereocenters. The summed E-state index contributed by atoms with van der Waals surface area (Å²) in [6.45, 7) is 4.32.